The molecule has 1 unspecified atom stereocenters. The average molecular weight is 214 g/mol. The zero-order chi connectivity index (χ0) is 11.5. The second-order valence-electron chi connectivity index (χ2n) is 4.28. The normalized spacial score (nSPS) is 19.4. The highest BCUT2D eigenvalue weighted by atomic mass is 15.1. The van der Waals surface area contributed by atoms with Gasteiger partial charge in [-0.2, -0.15) is 0 Å². The fraction of sp³-hybridized carbons (Fsp3) is 0.357. The Kier molecular flexibility index (Phi) is 3.09. The van der Waals surface area contributed by atoms with Crippen LogP contribution in [0.3, 0.4) is 0 Å². The van der Waals surface area contributed by atoms with Crippen LogP contribution in [0.25, 0.3) is 5.70 Å². The monoisotopic (exact) mass is 214 g/mol. The third-order valence-corrected chi connectivity index (χ3v) is 2.88. The topological polar surface area (TPSA) is 15.6 Å². The molecular formula is C14H18N2. The smallest absolute Gasteiger partial charge is 0.0741 e. The Bertz CT molecular complexity index is 512. The molecule has 0 aliphatic carbocycles. The van der Waals surface area contributed by atoms with Gasteiger partial charge in [0.15, 0.2) is 0 Å². The van der Waals surface area contributed by atoms with Crippen LogP contribution < -0.4 is 10.6 Å². The molecule has 1 aliphatic rings. The van der Waals surface area contributed by atoms with E-state index in [0.717, 1.165) is 11.8 Å². The molecule has 0 N–H and O–H groups in total. The lowest BCUT2D eigenvalue weighted by Crippen LogP contribution is -2.37. The highest BCUT2D eigenvalue weighted by molar-refractivity contribution is 5.45. The van der Waals surface area contributed by atoms with E-state index in [2.05, 4.69) is 49.3 Å². The Morgan fingerprint density at radius 3 is 2.75 bits per heavy atom. The second-order valence-corrected chi connectivity index (χ2v) is 4.28. The Morgan fingerprint density at radius 1 is 1.31 bits per heavy atom. The van der Waals surface area contributed by atoms with Crippen LogP contribution in [0.5, 0.6) is 0 Å². The van der Waals surface area contributed by atoms with Crippen molar-refractivity contribution in [1.82, 2.24) is 4.90 Å². The third-order valence-electron chi connectivity index (χ3n) is 2.88. The quantitative estimate of drug-likeness (QED) is 0.678. The van der Waals surface area contributed by atoms with Gasteiger partial charge in [-0.15, -0.1) is 0 Å². The summed E-state index contributed by atoms with van der Waals surface area (Å²) in [4.78, 5) is 6.93. The number of hydrogen-bond donors (Lipinski definition) is 0. The van der Waals surface area contributed by atoms with Crippen LogP contribution in [0.1, 0.15) is 13.3 Å². The molecule has 0 amide bonds. The molecule has 2 heteroatoms. The number of hydrogen-bond acceptors (Lipinski definition) is 2. The number of nitrogens with zero attached hydrogens (tertiary/aromatic N) is 2. The Balaban J connectivity index is 2.62. The van der Waals surface area contributed by atoms with Crippen LogP contribution in [-0.2, 0) is 0 Å². The molecule has 0 saturated heterocycles. The molecule has 0 spiro atoms. The van der Waals surface area contributed by atoms with E-state index < -0.39 is 0 Å². The molecule has 1 aromatic rings. The number of rotatable bonds is 2. The molecular weight excluding hydrogens is 196 g/mol. The van der Waals surface area contributed by atoms with Crippen molar-refractivity contribution in [2.75, 3.05) is 14.1 Å². The summed E-state index contributed by atoms with van der Waals surface area (Å²) < 4.78 is 0. The largest absolute Gasteiger partial charge is 0.380 e. The highest BCUT2D eigenvalue weighted by Crippen LogP contribution is 2.13. The molecule has 1 atom stereocenters. The van der Waals surface area contributed by atoms with Crippen LogP contribution in [0.4, 0.5) is 0 Å². The van der Waals surface area contributed by atoms with Crippen LogP contribution >= 0.6 is 0 Å². The molecule has 84 valence electrons. The average Bonchev–Trinajstić information content (AvgIpc) is 2.28. The van der Waals surface area contributed by atoms with Crippen molar-refractivity contribution in [2.45, 2.75) is 19.4 Å². The first-order valence-electron chi connectivity index (χ1n) is 5.68. The number of para-hydroxylation sites is 1. The van der Waals surface area contributed by atoms with Crippen molar-refractivity contribution in [1.29, 1.82) is 0 Å². The minimum atomic E-state index is 0.289. The lowest BCUT2D eigenvalue weighted by atomic mass is 10.0. The Hall–Kier alpha value is -1.57. The van der Waals surface area contributed by atoms with Gasteiger partial charge in [0, 0.05) is 31.4 Å². The summed E-state index contributed by atoms with van der Waals surface area (Å²) in [5.41, 5.74) is 1.37. The van der Waals surface area contributed by atoms with Crippen LogP contribution in [0.15, 0.2) is 41.4 Å². The number of benzene rings is 1. The first-order chi connectivity index (χ1) is 7.72. The van der Waals surface area contributed by atoms with E-state index in [1.54, 1.807) is 0 Å². The molecule has 0 aromatic heterocycles. The van der Waals surface area contributed by atoms with Gasteiger partial charge in [-0.25, -0.2) is 0 Å². The van der Waals surface area contributed by atoms with Gasteiger partial charge >= 0.3 is 0 Å². The summed E-state index contributed by atoms with van der Waals surface area (Å²) >= 11 is 0. The molecule has 2 rings (SSSR count). The molecule has 0 saturated carbocycles. The number of allylic oxidation sites excluding steroid dienone is 1. The van der Waals surface area contributed by atoms with Crippen molar-refractivity contribution in [3.63, 3.8) is 0 Å². The molecule has 0 radical (unpaired) electrons. The predicted molar refractivity (Wildman–Crippen MR) is 67.5 cm³/mol. The van der Waals surface area contributed by atoms with E-state index in [0.29, 0.717) is 0 Å². The van der Waals surface area contributed by atoms with Crippen molar-refractivity contribution >= 4 is 5.70 Å². The minimum absolute atomic E-state index is 0.289. The fourth-order valence-electron chi connectivity index (χ4n) is 2.12. The molecule has 0 fully saturated rings. The van der Waals surface area contributed by atoms with Gasteiger partial charge in [-0.1, -0.05) is 30.4 Å². The molecule has 1 aliphatic heterocycles. The highest BCUT2D eigenvalue weighted by Gasteiger charge is 2.13. The van der Waals surface area contributed by atoms with Crippen LogP contribution in [0, 0.1) is 0 Å². The summed E-state index contributed by atoms with van der Waals surface area (Å²) in [5.74, 6) is 0. The summed E-state index contributed by atoms with van der Waals surface area (Å²) in [6, 6.07) is 8.66. The predicted octanol–water partition coefficient (Wildman–Crippen LogP) is 1.32. The van der Waals surface area contributed by atoms with Crippen LogP contribution in [-0.4, -0.2) is 25.0 Å². The van der Waals surface area contributed by atoms with Gasteiger partial charge in [0.2, 0.25) is 0 Å². The van der Waals surface area contributed by atoms with Crippen molar-refractivity contribution in [3.05, 3.63) is 47.0 Å². The molecule has 1 heterocycles. The summed E-state index contributed by atoms with van der Waals surface area (Å²) in [6.45, 7) is 2.05. The maximum absolute atomic E-state index is 4.73. The lowest BCUT2D eigenvalue weighted by molar-refractivity contribution is 0.544. The first kappa shape index (κ1) is 10.9. The van der Waals surface area contributed by atoms with E-state index in [-0.39, 0.29) is 6.04 Å². The van der Waals surface area contributed by atoms with Gasteiger partial charge in [0.1, 0.15) is 0 Å². The van der Waals surface area contributed by atoms with Gasteiger partial charge in [-0.05, 0) is 13.0 Å². The van der Waals surface area contributed by atoms with Crippen molar-refractivity contribution in [2.24, 2.45) is 4.99 Å². The van der Waals surface area contributed by atoms with E-state index in [4.69, 9.17) is 4.99 Å². The molecule has 1 aromatic carbocycles. The van der Waals surface area contributed by atoms with E-state index in [1.807, 2.05) is 13.0 Å². The zero-order valence-electron chi connectivity index (χ0n) is 10.1. The van der Waals surface area contributed by atoms with Crippen LogP contribution in [0.2, 0.25) is 0 Å². The standard InChI is InChI=1S/C14H18N2/c1-4-7-11-10-14(16(2)3)12-8-5-6-9-13(12)15-11/h4-9,11H,10H2,1-3H3. The van der Waals surface area contributed by atoms with Crippen molar-refractivity contribution < 1.29 is 0 Å². The van der Waals surface area contributed by atoms with Gasteiger partial charge in [0.25, 0.3) is 0 Å². The SMILES string of the molecule is CC=CC1CC(N(C)C)=c2ccccc2=N1. The van der Waals surface area contributed by atoms with E-state index in [1.165, 1.54) is 10.9 Å². The van der Waals surface area contributed by atoms with Gasteiger partial charge in [-0.3, -0.25) is 4.99 Å². The maximum Gasteiger partial charge on any atom is 0.0741 e. The molecule has 0 bridgehead atoms. The van der Waals surface area contributed by atoms with Gasteiger partial charge < -0.3 is 4.90 Å². The summed E-state index contributed by atoms with van der Waals surface area (Å²) in [6.07, 6.45) is 5.24. The fourth-order valence-corrected chi connectivity index (χ4v) is 2.12. The first-order valence-corrected chi connectivity index (χ1v) is 5.68. The summed E-state index contributed by atoms with van der Waals surface area (Å²) in [7, 11) is 4.20. The molecule has 16 heavy (non-hydrogen) atoms. The third kappa shape index (κ3) is 2.01. The minimum Gasteiger partial charge on any atom is -0.380 e. The van der Waals surface area contributed by atoms with Gasteiger partial charge in [0.05, 0.1) is 11.4 Å². The number of fused-ring (bicyclic) bond motifs is 1. The molecule has 2 nitrogen and oxygen atoms in total. The van der Waals surface area contributed by atoms with E-state index in [9.17, 15) is 0 Å². The second kappa shape index (κ2) is 4.52. The Morgan fingerprint density at radius 2 is 2.06 bits per heavy atom. The Labute approximate surface area is 96.6 Å². The van der Waals surface area contributed by atoms with E-state index >= 15 is 0 Å². The van der Waals surface area contributed by atoms with Crippen molar-refractivity contribution in [3.8, 4) is 0 Å². The zero-order valence-corrected chi connectivity index (χ0v) is 10.1. The summed E-state index contributed by atoms with van der Waals surface area (Å²) in [5, 5.41) is 2.38. The lowest BCUT2D eigenvalue weighted by Gasteiger charge is -2.23. The maximum atomic E-state index is 4.73.